The van der Waals surface area contributed by atoms with Crippen molar-refractivity contribution in [3.63, 3.8) is 0 Å². The van der Waals surface area contributed by atoms with Gasteiger partial charge >= 0.3 is 0 Å². The van der Waals surface area contributed by atoms with E-state index in [0.717, 1.165) is 0 Å². The average Bonchev–Trinajstić information content (AvgIpc) is 2.15. The average molecular weight is 199 g/mol. The summed E-state index contributed by atoms with van der Waals surface area (Å²) >= 11 is 0. The van der Waals surface area contributed by atoms with Gasteiger partial charge in [-0.05, 0) is 13.8 Å². The molecule has 1 aromatic heterocycles. The maximum absolute atomic E-state index is 12.6. The monoisotopic (exact) mass is 199 g/mol. The third kappa shape index (κ3) is 3.66. The second-order valence-corrected chi connectivity index (χ2v) is 2.93. The maximum Gasteiger partial charge on any atom is 0.217 e. The quantitative estimate of drug-likeness (QED) is 0.729. The number of nitrogens with one attached hydrogen (secondary N) is 1. The Morgan fingerprint density at radius 1 is 1.57 bits per heavy atom. The van der Waals surface area contributed by atoms with Crippen LogP contribution in [0.15, 0.2) is 12.4 Å². The number of hydrogen-bond donors (Lipinski definition) is 1. The Balaban J connectivity index is 2.43. The number of rotatable bonds is 5. The van der Waals surface area contributed by atoms with E-state index in [4.69, 9.17) is 4.74 Å². The molecule has 0 aliphatic rings. The van der Waals surface area contributed by atoms with Gasteiger partial charge in [0.1, 0.15) is 12.1 Å². The van der Waals surface area contributed by atoms with Crippen molar-refractivity contribution < 1.29 is 9.13 Å². The maximum atomic E-state index is 12.6. The molecule has 1 aromatic rings. The molecule has 0 saturated carbocycles. The first-order valence-corrected chi connectivity index (χ1v) is 4.54. The fraction of sp³-hybridized carbons (Fsp3) is 0.556. The Morgan fingerprint density at radius 2 is 2.36 bits per heavy atom. The fourth-order valence-electron chi connectivity index (χ4n) is 1.00. The summed E-state index contributed by atoms with van der Waals surface area (Å²) in [5, 5.41) is 3.00. The zero-order valence-corrected chi connectivity index (χ0v) is 8.33. The molecule has 14 heavy (non-hydrogen) atoms. The minimum atomic E-state index is -0.536. The van der Waals surface area contributed by atoms with Crippen molar-refractivity contribution in [3.05, 3.63) is 18.3 Å². The van der Waals surface area contributed by atoms with Gasteiger partial charge in [0.25, 0.3) is 0 Å². The predicted octanol–water partition coefficient (Wildman–Crippen LogP) is 1.45. The van der Waals surface area contributed by atoms with E-state index < -0.39 is 5.95 Å². The SMILES string of the molecule is CCOCC(C)Nc1cc(F)ncn1. The van der Waals surface area contributed by atoms with E-state index in [1.165, 1.54) is 12.4 Å². The van der Waals surface area contributed by atoms with Crippen LogP contribution >= 0.6 is 0 Å². The van der Waals surface area contributed by atoms with Gasteiger partial charge in [-0.3, -0.25) is 0 Å². The van der Waals surface area contributed by atoms with Crippen molar-refractivity contribution in [1.82, 2.24) is 9.97 Å². The largest absolute Gasteiger partial charge is 0.380 e. The lowest BCUT2D eigenvalue weighted by molar-refractivity contribution is 0.141. The van der Waals surface area contributed by atoms with Crippen molar-refractivity contribution in [2.24, 2.45) is 0 Å². The van der Waals surface area contributed by atoms with Crippen LogP contribution in [0.5, 0.6) is 0 Å². The molecule has 0 aliphatic heterocycles. The summed E-state index contributed by atoms with van der Waals surface area (Å²) in [5.74, 6) is -0.0594. The van der Waals surface area contributed by atoms with E-state index in [2.05, 4.69) is 15.3 Å². The van der Waals surface area contributed by atoms with Crippen LogP contribution in [0.2, 0.25) is 0 Å². The number of hydrogen-bond acceptors (Lipinski definition) is 4. The van der Waals surface area contributed by atoms with Crippen molar-refractivity contribution in [2.75, 3.05) is 18.5 Å². The molecule has 0 aromatic carbocycles. The number of aromatic nitrogens is 2. The lowest BCUT2D eigenvalue weighted by atomic mass is 10.3. The molecule has 78 valence electrons. The van der Waals surface area contributed by atoms with Gasteiger partial charge in [-0.15, -0.1) is 0 Å². The van der Waals surface area contributed by atoms with Crippen molar-refractivity contribution in [3.8, 4) is 0 Å². The highest BCUT2D eigenvalue weighted by Crippen LogP contribution is 2.04. The molecule has 1 heterocycles. The van der Waals surface area contributed by atoms with E-state index in [9.17, 15) is 4.39 Å². The van der Waals surface area contributed by atoms with Gasteiger partial charge < -0.3 is 10.1 Å². The molecule has 0 radical (unpaired) electrons. The molecule has 0 bridgehead atoms. The first-order valence-electron chi connectivity index (χ1n) is 4.54. The van der Waals surface area contributed by atoms with Crippen LogP contribution in [0.1, 0.15) is 13.8 Å². The summed E-state index contributed by atoms with van der Waals surface area (Å²) in [6.07, 6.45) is 1.19. The van der Waals surface area contributed by atoms with Gasteiger partial charge in [0.2, 0.25) is 5.95 Å². The molecule has 0 spiro atoms. The van der Waals surface area contributed by atoms with Crippen molar-refractivity contribution in [1.29, 1.82) is 0 Å². The summed E-state index contributed by atoms with van der Waals surface area (Å²) in [7, 11) is 0. The fourth-order valence-corrected chi connectivity index (χ4v) is 1.00. The molecule has 4 nitrogen and oxygen atoms in total. The molecular weight excluding hydrogens is 185 g/mol. The second-order valence-electron chi connectivity index (χ2n) is 2.93. The highest BCUT2D eigenvalue weighted by molar-refractivity contribution is 5.33. The lowest BCUT2D eigenvalue weighted by Crippen LogP contribution is -2.22. The zero-order valence-electron chi connectivity index (χ0n) is 8.33. The van der Waals surface area contributed by atoms with Gasteiger partial charge in [-0.1, -0.05) is 0 Å². The van der Waals surface area contributed by atoms with Crippen LogP contribution in [0, 0.1) is 5.95 Å². The van der Waals surface area contributed by atoms with Gasteiger partial charge in [-0.2, -0.15) is 4.39 Å². The highest BCUT2D eigenvalue weighted by Gasteiger charge is 2.03. The molecule has 0 amide bonds. The standard InChI is InChI=1S/C9H14FN3O/c1-3-14-5-7(2)13-9-4-8(10)11-6-12-9/h4,6-7H,3,5H2,1-2H3,(H,11,12,13). The van der Waals surface area contributed by atoms with E-state index in [-0.39, 0.29) is 6.04 Å². The van der Waals surface area contributed by atoms with Gasteiger partial charge in [0.15, 0.2) is 0 Å². The highest BCUT2D eigenvalue weighted by atomic mass is 19.1. The van der Waals surface area contributed by atoms with Crippen molar-refractivity contribution in [2.45, 2.75) is 19.9 Å². The smallest absolute Gasteiger partial charge is 0.217 e. The summed E-state index contributed by atoms with van der Waals surface area (Å²) < 4.78 is 17.8. The molecular formula is C9H14FN3O. The van der Waals surface area contributed by atoms with Crippen LogP contribution in [-0.4, -0.2) is 29.2 Å². The lowest BCUT2D eigenvalue weighted by Gasteiger charge is -2.13. The number of nitrogens with zero attached hydrogens (tertiary/aromatic N) is 2. The van der Waals surface area contributed by atoms with Gasteiger partial charge in [-0.25, -0.2) is 9.97 Å². The summed E-state index contributed by atoms with van der Waals surface area (Å²) in [4.78, 5) is 7.23. The van der Waals surface area contributed by atoms with Gasteiger partial charge in [0.05, 0.1) is 6.61 Å². The van der Waals surface area contributed by atoms with Gasteiger partial charge in [0, 0.05) is 18.7 Å². The van der Waals surface area contributed by atoms with E-state index >= 15 is 0 Å². The molecule has 1 atom stereocenters. The molecule has 0 fully saturated rings. The Morgan fingerprint density at radius 3 is 3.00 bits per heavy atom. The normalized spacial score (nSPS) is 12.5. The minimum absolute atomic E-state index is 0.101. The summed E-state index contributed by atoms with van der Waals surface area (Å²) in [6, 6.07) is 1.35. The van der Waals surface area contributed by atoms with Crippen LogP contribution in [-0.2, 0) is 4.74 Å². The minimum Gasteiger partial charge on any atom is -0.380 e. The number of ether oxygens (including phenoxy) is 1. The Bertz CT molecular complexity index is 283. The molecule has 1 rings (SSSR count). The van der Waals surface area contributed by atoms with Crippen LogP contribution < -0.4 is 5.32 Å². The first-order chi connectivity index (χ1) is 6.72. The molecule has 0 aliphatic carbocycles. The van der Waals surface area contributed by atoms with Crippen LogP contribution in [0.3, 0.4) is 0 Å². The third-order valence-corrected chi connectivity index (χ3v) is 1.60. The number of anilines is 1. The second kappa shape index (κ2) is 5.49. The number of halogens is 1. The van der Waals surface area contributed by atoms with Crippen LogP contribution in [0.25, 0.3) is 0 Å². The molecule has 5 heteroatoms. The molecule has 1 N–H and O–H groups in total. The Labute approximate surface area is 82.5 Å². The predicted molar refractivity (Wildman–Crippen MR) is 51.6 cm³/mol. The van der Waals surface area contributed by atoms with E-state index in [1.807, 2.05) is 13.8 Å². The summed E-state index contributed by atoms with van der Waals surface area (Å²) in [6.45, 7) is 5.11. The van der Waals surface area contributed by atoms with Crippen molar-refractivity contribution >= 4 is 5.82 Å². The molecule has 1 unspecified atom stereocenters. The topological polar surface area (TPSA) is 47.0 Å². The third-order valence-electron chi connectivity index (χ3n) is 1.60. The summed E-state index contributed by atoms with van der Waals surface area (Å²) in [5.41, 5.74) is 0. The van der Waals surface area contributed by atoms with E-state index in [1.54, 1.807) is 0 Å². The van der Waals surface area contributed by atoms with Crippen LogP contribution in [0.4, 0.5) is 10.2 Å². The Kier molecular flexibility index (Phi) is 4.25. The molecule has 0 saturated heterocycles. The van der Waals surface area contributed by atoms with E-state index in [0.29, 0.717) is 19.0 Å². The zero-order chi connectivity index (χ0) is 10.4. The Hall–Kier alpha value is -1.23. The first kappa shape index (κ1) is 10.8.